The van der Waals surface area contributed by atoms with Crippen molar-refractivity contribution in [1.82, 2.24) is 4.90 Å². The van der Waals surface area contributed by atoms with E-state index < -0.39 is 77.3 Å². The number of methoxy groups -OCH3 is 1. The van der Waals surface area contributed by atoms with Crippen molar-refractivity contribution in [1.29, 1.82) is 0 Å². The van der Waals surface area contributed by atoms with Crippen molar-refractivity contribution in [3.63, 3.8) is 0 Å². The van der Waals surface area contributed by atoms with Gasteiger partial charge in [-0.2, -0.15) is 0 Å². The minimum atomic E-state index is -1.73. The van der Waals surface area contributed by atoms with Crippen LogP contribution in [0.15, 0.2) is 46.1 Å². The lowest BCUT2D eigenvalue weighted by Crippen LogP contribution is -2.44. The molecule has 4 aliphatic rings. The molecule has 1 spiro atoms. The Morgan fingerprint density at radius 3 is 2.17 bits per heavy atom. The summed E-state index contributed by atoms with van der Waals surface area (Å²) in [5, 5.41) is 73.6. The van der Waals surface area contributed by atoms with E-state index in [2.05, 4.69) is 24.1 Å². The number of carbonyl (C=O) groups excluding carboxylic acids is 1. The number of phenolic OH excluding ortho intramolecular Hbond substituents is 2. The van der Waals surface area contributed by atoms with E-state index in [1.165, 1.54) is 13.4 Å². The number of piperidine rings is 1. The van der Waals surface area contributed by atoms with E-state index >= 15 is 0 Å². The van der Waals surface area contributed by atoms with Crippen LogP contribution in [0.5, 0.6) is 17.2 Å². The quantitative estimate of drug-likeness (QED) is 0.221. The van der Waals surface area contributed by atoms with Gasteiger partial charge >= 0.3 is 0 Å². The number of ether oxygens (including phenoxy) is 3. The van der Waals surface area contributed by atoms with E-state index in [0.717, 1.165) is 19.6 Å². The molecule has 0 saturated carbocycles. The first kappa shape index (κ1) is 43.5. The summed E-state index contributed by atoms with van der Waals surface area (Å²) >= 11 is 0. The number of allylic oxidation sites excluding steroid dienone is 2. The molecule has 2 aromatic carbocycles. The molecule has 0 aliphatic carbocycles. The highest BCUT2D eigenvalue weighted by molar-refractivity contribution is 6.08. The van der Waals surface area contributed by atoms with Gasteiger partial charge in [0.15, 0.2) is 17.5 Å². The first-order valence-corrected chi connectivity index (χ1v) is 20.5. The summed E-state index contributed by atoms with van der Waals surface area (Å²) in [6.45, 7) is 18.5. The third kappa shape index (κ3) is 7.75. The highest BCUT2D eigenvalue weighted by Gasteiger charge is 2.50. The van der Waals surface area contributed by atoms with Gasteiger partial charge in [-0.05, 0) is 25.8 Å². The lowest BCUT2D eigenvalue weighted by molar-refractivity contribution is -0.181. The van der Waals surface area contributed by atoms with E-state index in [1.807, 2.05) is 0 Å². The molecule has 4 bridgehead atoms. The van der Waals surface area contributed by atoms with Crippen molar-refractivity contribution in [2.24, 2.45) is 39.6 Å². The molecule has 318 valence electrons. The fourth-order valence-electron chi connectivity index (χ4n) is 8.96. The highest BCUT2D eigenvalue weighted by Crippen LogP contribution is 2.54. The number of carbonyl (C=O) groups is 1. The normalized spacial score (nSPS) is 35.1. The fraction of sp³-hybridized carbons (Fsp3) is 0.614. The Morgan fingerprint density at radius 2 is 1.53 bits per heavy atom. The van der Waals surface area contributed by atoms with Crippen LogP contribution in [0.25, 0.3) is 10.8 Å². The molecule has 4 aliphatic heterocycles. The SMILES string of the molecule is CO[C@H]1/C=C/O[C@@]2(C)Oc3c(C)c(O)c4c(O)c(c5c(c4c3[C@H]2O)=NC2(CCN(CC(C)C)CC2)N=5)NC(=O)/C(C)=C\C=C\[C@H](C)[C@H](O)[C@@H](C)[C@@H](O)[C@@H](C)[C@H](O)[C@@H]1C. The number of anilines is 1. The van der Waals surface area contributed by atoms with E-state index in [4.69, 9.17) is 24.2 Å². The maximum Gasteiger partial charge on any atom is 0.277 e. The van der Waals surface area contributed by atoms with Gasteiger partial charge in [-0.15, -0.1) is 0 Å². The zero-order valence-electron chi connectivity index (χ0n) is 35.4. The summed E-state index contributed by atoms with van der Waals surface area (Å²) < 4.78 is 18.2. The number of fused-ring (bicyclic) bond motifs is 1. The van der Waals surface area contributed by atoms with E-state index in [9.17, 15) is 35.4 Å². The minimum Gasteiger partial charge on any atom is -0.507 e. The molecule has 2 aromatic rings. The monoisotopic (exact) mass is 806 g/mol. The molecule has 14 nitrogen and oxygen atoms in total. The number of nitrogens with one attached hydrogen (secondary N) is 1. The van der Waals surface area contributed by atoms with Crippen molar-refractivity contribution in [3.05, 3.63) is 58.0 Å². The number of phenols is 2. The van der Waals surface area contributed by atoms with Crippen LogP contribution in [0.3, 0.4) is 0 Å². The van der Waals surface area contributed by atoms with Crippen LogP contribution in [0.4, 0.5) is 5.69 Å². The Labute approximate surface area is 340 Å². The molecule has 7 N–H and O–H groups in total. The second-order valence-electron chi connectivity index (χ2n) is 17.6. The Morgan fingerprint density at radius 1 is 0.914 bits per heavy atom. The number of likely N-dealkylation sites (tertiary alicyclic amines) is 1. The molecular weight excluding hydrogens is 745 g/mol. The molecule has 1 saturated heterocycles. The second-order valence-corrected chi connectivity index (χ2v) is 17.6. The van der Waals surface area contributed by atoms with Gasteiger partial charge in [0.25, 0.3) is 11.7 Å². The van der Waals surface area contributed by atoms with Gasteiger partial charge in [0.1, 0.15) is 22.5 Å². The van der Waals surface area contributed by atoms with Crippen molar-refractivity contribution >= 4 is 22.4 Å². The summed E-state index contributed by atoms with van der Waals surface area (Å²) in [7, 11) is 1.49. The number of nitrogens with zero attached hydrogens (tertiary/aromatic N) is 3. The lowest BCUT2D eigenvalue weighted by Gasteiger charge is -2.36. The van der Waals surface area contributed by atoms with Gasteiger partial charge in [0.05, 0.1) is 41.4 Å². The number of hydrogen-bond acceptors (Lipinski definition) is 13. The van der Waals surface area contributed by atoms with Crippen LogP contribution in [-0.2, 0) is 14.3 Å². The lowest BCUT2D eigenvalue weighted by atomic mass is 9.78. The molecule has 10 atom stereocenters. The Bertz CT molecular complexity index is 2130. The van der Waals surface area contributed by atoms with Gasteiger partial charge in [-0.25, -0.2) is 0 Å². The standard InChI is InChI=1S/C44H62N4O10/c1-21(2)20-48-17-15-44(16-18-48)46-32-29-30-38(52)27(8)40-31(29)41(54)43(9,58-40)57-19-14-28(56-10)24(5)36(50)26(7)37(51)25(6)35(49)22(3)12-11-13-23(4)42(55)45-34(39(30)53)33(32)47-44/h11-14,19,21-22,24-26,28,35-37,41,49-54H,15-18,20H2,1-10H3,(H,45,55)/b12-11+,19-14+,23-13-/t22-,24+,25+,26-,28-,35-,36+,37+,41+,43-/m0/s1. The van der Waals surface area contributed by atoms with Crippen LogP contribution in [-0.4, -0.2) is 104 Å². The number of benzene rings is 2. The summed E-state index contributed by atoms with van der Waals surface area (Å²) in [5.41, 5.74) is -0.179. The predicted molar refractivity (Wildman–Crippen MR) is 219 cm³/mol. The van der Waals surface area contributed by atoms with Crippen molar-refractivity contribution in [2.75, 3.05) is 32.1 Å². The molecule has 6 rings (SSSR count). The summed E-state index contributed by atoms with van der Waals surface area (Å²) in [5.74, 6) is -4.66. The van der Waals surface area contributed by atoms with Crippen molar-refractivity contribution in [2.45, 2.75) is 117 Å². The zero-order valence-corrected chi connectivity index (χ0v) is 35.4. The molecule has 4 heterocycles. The number of rotatable bonds is 3. The summed E-state index contributed by atoms with van der Waals surface area (Å²) in [4.78, 5) is 26.6. The number of aliphatic hydroxyl groups is 4. The van der Waals surface area contributed by atoms with E-state index in [0.29, 0.717) is 24.1 Å². The molecule has 0 aromatic heterocycles. The number of hydrogen-bond donors (Lipinski definition) is 7. The van der Waals surface area contributed by atoms with E-state index in [1.54, 1.807) is 72.8 Å². The van der Waals surface area contributed by atoms with Crippen molar-refractivity contribution in [3.8, 4) is 17.2 Å². The Kier molecular flexibility index (Phi) is 12.4. The Hall–Kier alpha value is -4.05. The Balaban J connectivity index is 1.53. The first-order valence-electron chi connectivity index (χ1n) is 20.5. The molecule has 14 heteroatoms. The molecule has 1 fully saturated rings. The smallest absolute Gasteiger partial charge is 0.277 e. The fourth-order valence-corrected chi connectivity index (χ4v) is 8.96. The first-order chi connectivity index (χ1) is 27.3. The van der Waals surface area contributed by atoms with Crippen LogP contribution in [0.1, 0.15) is 85.5 Å². The molecule has 0 unspecified atom stereocenters. The minimum absolute atomic E-state index is 0.0171. The van der Waals surface area contributed by atoms with Gasteiger partial charge in [-0.3, -0.25) is 14.8 Å². The average Bonchev–Trinajstić information content (AvgIpc) is 3.69. The van der Waals surface area contributed by atoms with Gasteiger partial charge in [0.2, 0.25) is 0 Å². The molecule has 0 radical (unpaired) electrons. The van der Waals surface area contributed by atoms with Gasteiger partial charge in [-0.1, -0.05) is 59.8 Å². The zero-order chi connectivity index (χ0) is 42.6. The second kappa shape index (κ2) is 16.5. The third-order valence-corrected chi connectivity index (χ3v) is 12.8. The van der Waals surface area contributed by atoms with Crippen molar-refractivity contribution < 1.29 is 49.6 Å². The van der Waals surface area contributed by atoms with Gasteiger partial charge < -0.3 is 55.1 Å². The van der Waals surface area contributed by atoms with Crippen LogP contribution < -0.4 is 20.8 Å². The summed E-state index contributed by atoms with van der Waals surface area (Å²) in [6.07, 6.45) is 3.76. The third-order valence-electron chi connectivity index (χ3n) is 12.8. The summed E-state index contributed by atoms with van der Waals surface area (Å²) in [6, 6.07) is 0. The van der Waals surface area contributed by atoms with E-state index in [-0.39, 0.29) is 50.0 Å². The van der Waals surface area contributed by atoms with Gasteiger partial charge in [0, 0.05) is 92.3 Å². The number of aromatic hydroxyl groups is 2. The maximum atomic E-state index is 13.8. The average molecular weight is 807 g/mol. The predicted octanol–water partition coefficient (Wildman–Crippen LogP) is 4.03. The molecule has 1 amide bonds. The number of aliphatic hydroxyl groups excluding tert-OH is 4. The maximum absolute atomic E-state index is 13.8. The van der Waals surface area contributed by atoms with Crippen LogP contribution in [0.2, 0.25) is 0 Å². The molecule has 58 heavy (non-hydrogen) atoms. The molecular formula is C44H62N4O10. The topological polar surface area (TPSA) is 206 Å². The highest BCUT2D eigenvalue weighted by atomic mass is 16.7. The van der Waals surface area contributed by atoms with Crippen LogP contribution >= 0.6 is 0 Å². The number of amides is 1. The van der Waals surface area contributed by atoms with Crippen LogP contribution in [0, 0.1) is 36.5 Å². The largest absolute Gasteiger partial charge is 0.507 e.